The second-order valence-corrected chi connectivity index (χ2v) is 9.50. The molecule has 33 heavy (non-hydrogen) atoms. The SMILES string of the molecule is COC(=O)C12CCC(C(=O)OC)(N1)C(C(=O)OC1CCCCC1)=C2C(=O)OC1CCCCC1. The Bertz CT molecular complexity index is 787. The number of ether oxygens (including phenoxy) is 4. The van der Waals surface area contributed by atoms with Crippen LogP contribution in [0.3, 0.4) is 0 Å². The van der Waals surface area contributed by atoms with E-state index in [2.05, 4.69) is 5.32 Å². The van der Waals surface area contributed by atoms with Crippen molar-refractivity contribution in [1.82, 2.24) is 5.32 Å². The van der Waals surface area contributed by atoms with Crippen molar-refractivity contribution in [1.29, 1.82) is 0 Å². The van der Waals surface area contributed by atoms with Gasteiger partial charge in [-0.2, -0.15) is 0 Å². The molecular formula is C24H33NO8. The fraction of sp³-hybridized carbons (Fsp3) is 0.750. The highest BCUT2D eigenvalue weighted by Crippen LogP contribution is 2.51. The molecule has 0 aromatic rings. The van der Waals surface area contributed by atoms with E-state index in [1.54, 1.807) is 0 Å². The predicted molar refractivity (Wildman–Crippen MR) is 115 cm³/mol. The van der Waals surface area contributed by atoms with Gasteiger partial charge in [0.15, 0.2) is 11.1 Å². The fourth-order valence-corrected chi connectivity index (χ4v) is 5.86. The minimum Gasteiger partial charge on any atom is -0.467 e. The van der Waals surface area contributed by atoms with Gasteiger partial charge in [-0.25, -0.2) is 19.2 Å². The van der Waals surface area contributed by atoms with Crippen LogP contribution < -0.4 is 5.32 Å². The molecular weight excluding hydrogens is 430 g/mol. The van der Waals surface area contributed by atoms with E-state index >= 15 is 0 Å². The maximum atomic E-state index is 13.5. The molecule has 1 saturated heterocycles. The lowest BCUT2D eigenvalue weighted by atomic mass is 9.76. The van der Waals surface area contributed by atoms with Gasteiger partial charge in [0.05, 0.1) is 25.4 Å². The molecule has 0 spiro atoms. The summed E-state index contributed by atoms with van der Waals surface area (Å²) in [5, 5.41) is 2.97. The molecule has 2 aliphatic heterocycles. The van der Waals surface area contributed by atoms with E-state index in [1.165, 1.54) is 14.2 Å². The van der Waals surface area contributed by atoms with Crippen LogP contribution in [-0.4, -0.2) is 61.4 Å². The van der Waals surface area contributed by atoms with Crippen LogP contribution >= 0.6 is 0 Å². The number of rotatable bonds is 6. The largest absolute Gasteiger partial charge is 0.467 e. The van der Waals surface area contributed by atoms with Gasteiger partial charge in [-0.15, -0.1) is 0 Å². The van der Waals surface area contributed by atoms with E-state index in [4.69, 9.17) is 18.9 Å². The first kappa shape index (κ1) is 23.7. The predicted octanol–water partition coefficient (Wildman–Crippen LogP) is 2.26. The molecule has 0 aromatic heterocycles. The molecule has 2 bridgehead atoms. The van der Waals surface area contributed by atoms with Gasteiger partial charge in [-0.1, -0.05) is 12.8 Å². The quantitative estimate of drug-likeness (QED) is 0.467. The maximum Gasteiger partial charge on any atom is 0.337 e. The van der Waals surface area contributed by atoms with Crippen LogP contribution in [0.15, 0.2) is 11.1 Å². The fourth-order valence-electron chi connectivity index (χ4n) is 5.86. The summed E-state index contributed by atoms with van der Waals surface area (Å²) in [7, 11) is 2.42. The van der Waals surface area contributed by atoms with Crippen LogP contribution in [0.25, 0.3) is 0 Å². The van der Waals surface area contributed by atoms with Crippen molar-refractivity contribution in [2.24, 2.45) is 0 Å². The van der Waals surface area contributed by atoms with Crippen molar-refractivity contribution in [2.45, 2.75) is 100 Å². The Hall–Kier alpha value is -2.42. The van der Waals surface area contributed by atoms with Crippen LogP contribution in [0.5, 0.6) is 0 Å². The van der Waals surface area contributed by atoms with E-state index in [0.717, 1.165) is 64.2 Å². The van der Waals surface area contributed by atoms with Gasteiger partial charge in [0.25, 0.3) is 0 Å². The third-order valence-electron chi connectivity index (χ3n) is 7.53. The van der Waals surface area contributed by atoms with Crippen LogP contribution in [0.2, 0.25) is 0 Å². The second kappa shape index (κ2) is 9.44. The zero-order valence-corrected chi connectivity index (χ0v) is 19.4. The third kappa shape index (κ3) is 4.05. The average Bonchev–Trinajstić information content (AvgIpc) is 3.39. The molecule has 3 fully saturated rings. The minimum absolute atomic E-state index is 0.101. The van der Waals surface area contributed by atoms with Gasteiger partial charge in [0.1, 0.15) is 12.2 Å². The number of hydrogen-bond acceptors (Lipinski definition) is 9. The Kier molecular flexibility index (Phi) is 6.79. The standard InChI is InChI=1S/C24H33NO8/c1-30-21(28)23-13-14-24(25-23,22(29)31-2)18(20(27)33-16-11-7-4-8-12-16)17(23)19(26)32-15-9-5-3-6-10-15/h15-16,25H,3-14H2,1-2H3. The molecule has 4 rings (SSSR count). The minimum atomic E-state index is -1.66. The lowest BCUT2D eigenvalue weighted by Crippen LogP contribution is -2.55. The van der Waals surface area contributed by atoms with Crippen LogP contribution in [0, 0.1) is 0 Å². The highest BCUT2D eigenvalue weighted by atomic mass is 16.6. The summed E-state index contributed by atoms with van der Waals surface area (Å²) in [6, 6.07) is 0. The van der Waals surface area contributed by atoms with Gasteiger partial charge >= 0.3 is 23.9 Å². The molecule has 4 aliphatic rings. The summed E-state index contributed by atoms with van der Waals surface area (Å²) in [5.74, 6) is -3.05. The van der Waals surface area contributed by atoms with E-state index in [-0.39, 0.29) is 36.2 Å². The molecule has 9 nitrogen and oxygen atoms in total. The average molecular weight is 464 g/mol. The van der Waals surface area contributed by atoms with Crippen LogP contribution in [0.4, 0.5) is 0 Å². The Morgan fingerprint density at radius 2 is 1.03 bits per heavy atom. The van der Waals surface area contributed by atoms with E-state index in [9.17, 15) is 19.2 Å². The number of carbonyl (C=O) groups excluding carboxylic acids is 4. The monoisotopic (exact) mass is 463 g/mol. The van der Waals surface area contributed by atoms with Crippen LogP contribution in [0.1, 0.15) is 77.0 Å². The molecule has 1 N–H and O–H groups in total. The number of fused-ring (bicyclic) bond motifs is 2. The Morgan fingerprint density at radius 1 is 0.667 bits per heavy atom. The molecule has 182 valence electrons. The van der Waals surface area contributed by atoms with Crippen LogP contribution in [-0.2, 0) is 38.1 Å². The topological polar surface area (TPSA) is 117 Å². The Labute approximate surface area is 193 Å². The lowest BCUT2D eigenvalue weighted by Gasteiger charge is -2.30. The summed E-state index contributed by atoms with van der Waals surface area (Å²) in [5.41, 5.74) is -3.65. The maximum absolute atomic E-state index is 13.5. The van der Waals surface area contributed by atoms with Gasteiger partial charge in [0, 0.05) is 0 Å². The zero-order chi connectivity index (χ0) is 23.6. The lowest BCUT2D eigenvalue weighted by molar-refractivity contribution is -0.153. The molecule has 0 aromatic carbocycles. The number of methoxy groups -OCH3 is 2. The Morgan fingerprint density at radius 3 is 1.36 bits per heavy atom. The smallest absolute Gasteiger partial charge is 0.337 e. The van der Waals surface area contributed by atoms with Crippen molar-refractivity contribution >= 4 is 23.9 Å². The molecule has 2 saturated carbocycles. The summed E-state index contributed by atoms with van der Waals surface area (Å²) in [4.78, 5) is 53.0. The highest BCUT2D eigenvalue weighted by molar-refractivity contribution is 6.16. The number of carbonyl (C=O) groups is 4. The first-order valence-electron chi connectivity index (χ1n) is 12.0. The van der Waals surface area contributed by atoms with Gasteiger partial charge in [0.2, 0.25) is 0 Å². The normalized spacial score (nSPS) is 30.1. The zero-order valence-electron chi connectivity index (χ0n) is 19.4. The summed E-state index contributed by atoms with van der Waals surface area (Å²) in [6.07, 6.45) is 8.44. The molecule has 0 amide bonds. The van der Waals surface area contributed by atoms with Crippen molar-refractivity contribution < 1.29 is 38.1 Å². The van der Waals surface area contributed by atoms with Crippen molar-refractivity contribution in [2.75, 3.05) is 14.2 Å². The van der Waals surface area contributed by atoms with Gasteiger partial charge < -0.3 is 18.9 Å². The Balaban J connectivity index is 1.76. The molecule has 2 heterocycles. The van der Waals surface area contributed by atoms with Gasteiger partial charge in [-0.05, 0) is 64.2 Å². The molecule has 2 unspecified atom stereocenters. The van der Waals surface area contributed by atoms with Crippen molar-refractivity contribution in [3.05, 3.63) is 11.1 Å². The first-order valence-corrected chi connectivity index (χ1v) is 12.0. The second-order valence-electron chi connectivity index (χ2n) is 9.50. The van der Waals surface area contributed by atoms with E-state index in [1.807, 2.05) is 0 Å². The molecule has 0 radical (unpaired) electrons. The summed E-state index contributed by atoms with van der Waals surface area (Å²) in [6.45, 7) is 0. The highest BCUT2D eigenvalue weighted by Gasteiger charge is 2.71. The summed E-state index contributed by atoms with van der Waals surface area (Å²) < 4.78 is 21.6. The molecule has 9 heteroatoms. The van der Waals surface area contributed by atoms with E-state index < -0.39 is 35.0 Å². The van der Waals surface area contributed by atoms with Gasteiger partial charge in [-0.3, -0.25) is 5.32 Å². The number of hydrogen-bond donors (Lipinski definition) is 1. The number of nitrogens with one attached hydrogen (secondary N) is 1. The number of esters is 4. The van der Waals surface area contributed by atoms with Crippen molar-refractivity contribution in [3.63, 3.8) is 0 Å². The first-order chi connectivity index (χ1) is 15.9. The molecule has 2 atom stereocenters. The summed E-state index contributed by atoms with van der Waals surface area (Å²) >= 11 is 0. The van der Waals surface area contributed by atoms with Crippen molar-refractivity contribution in [3.8, 4) is 0 Å². The molecule has 2 aliphatic carbocycles. The van der Waals surface area contributed by atoms with E-state index in [0.29, 0.717) is 0 Å². The third-order valence-corrected chi connectivity index (χ3v) is 7.53.